The molecule has 1 atom stereocenters. The standard InChI is InChI=1S/C19H24N2/c1-20(2)14-15-21(17-9-4-3-5-10-17)19-13-12-16-8-6-7-11-18(16)19/h3-11,19H,12-15H2,1-2H3. The summed E-state index contributed by atoms with van der Waals surface area (Å²) in [5, 5.41) is 0. The van der Waals surface area contributed by atoms with Gasteiger partial charge in [0.15, 0.2) is 0 Å². The number of anilines is 1. The van der Waals surface area contributed by atoms with E-state index in [2.05, 4.69) is 78.5 Å². The van der Waals surface area contributed by atoms with Gasteiger partial charge in [0, 0.05) is 18.8 Å². The highest BCUT2D eigenvalue weighted by molar-refractivity contribution is 5.51. The van der Waals surface area contributed by atoms with Crippen molar-refractivity contribution in [2.24, 2.45) is 0 Å². The van der Waals surface area contributed by atoms with E-state index in [9.17, 15) is 0 Å². The molecule has 0 aliphatic heterocycles. The third-order valence-corrected chi connectivity index (χ3v) is 4.35. The van der Waals surface area contributed by atoms with Crippen LogP contribution in [-0.4, -0.2) is 32.1 Å². The molecular formula is C19H24N2. The Morgan fingerprint density at radius 3 is 2.38 bits per heavy atom. The first-order valence-electron chi connectivity index (χ1n) is 7.80. The monoisotopic (exact) mass is 280 g/mol. The number of fused-ring (bicyclic) bond motifs is 1. The maximum Gasteiger partial charge on any atom is 0.0548 e. The Morgan fingerprint density at radius 1 is 0.905 bits per heavy atom. The molecule has 2 nitrogen and oxygen atoms in total. The summed E-state index contributed by atoms with van der Waals surface area (Å²) in [6, 6.07) is 20.3. The molecule has 0 N–H and O–H groups in total. The summed E-state index contributed by atoms with van der Waals surface area (Å²) in [4.78, 5) is 4.84. The quantitative estimate of drug-likeness (QED) is 0.823. The van der Waals surface area contributed by atoms with E-state index in [0.29, 0.717) is 6.04 Å². The highest BCUT2D eigenvalue weighted by Crippen LogP contribution is 2.37. The average Bonchev–Trinajstić information content (AvgIpc) is 2.93. The summed E-state index contributed by atoms with van der Waals surface area (Å²) in [6.07, 6.45) is 2.42. The lowest BCUT2D eigenvalue weighted by molar-refractivity contribution is 0.404. The van der Waals surface area contributed by atoms with Gasteiger partial charge in [-0.2, -0.15) is 0 Å². The van der Waals surface area contributed by atoms with Crippen LogP contribution in [-0.2, 0) is 6.42 Å². The summed E-state index contributed by atoms with van der Waals surface area (Å²) in [5.74, 6) is 0. The van der Waals surface area contributed by atoms with Gasteiger partial charge in [0.2, 0.25) is 0 Å². The van der Waals surface area contributed by atoms with E-state index < -0.39 is 0 Å². The second kappa shape index (κ2) is 6.31. The minimum Gasteiger partial charge on any atom is -0.363 e. The van der Waals surface area contributed by atoms with Crippen molar-refractivity contribution in [1.29, 1.82) is 0 Å². The number of rotatable bonds is 5. The first kappa shape index (κ1) is 14.2. The van der Waals surface area contributed by atoms with Crippen molar-refractivity contribution >= 4 is 5.69 Å². The summed E-state index contributed by atoms with van der Waals surface area (Å²) in [7, 11) is 4.29. The topological polar surface area (TPSA) is 6.48 Å². The SMILES string of the molecule is CN(C)CCN(c1ccccc1)C1CCc2ccccc21. The third kappa shape index (κ3) is 3.11. The lowest BCUT2D eigenvalue weighted by atomic mass is 10.1. The number of hydrogen-bond acceptors (Lipinski definition) is 2. The zero-order valence-electron chi connectivity index (χ0n) is 13.0. The van der Waals surface area contributed by atoms with E-state index in [1.165, 1.54) is 29.7 Å². The van der Waals surface area contributed by atoms with Crippen LogP contribution >= 0.6 is 0 Å². The molecule has 0 heterocycles. The van der Waals surface area contributed by atoms with E-state index in [1.807, 2.05) is 0 Å². The largest absolute Gasteiger partial charge is 0.363 e. The van der Waals surface area contributed by atoms with Gasteiger partial charge in [-0.15, -0.1) is 0 Å². The number of hydrogen-bond donors (Lipinski definition) is 0. The summed E-state index contributed by atoms with van der Waals surface area (Å²) < 4.78 is 0. The molecule has 0 amide bonds. The van der Waals surface area contributed by atoms with Crippen LogP contribution in [0.2, 0.25) is 0 Å². The number of nitrogens with zero attached hydrogens (tertiary/aromatic N) is 2. The fraction of sp³-hybridized carbons (Fsp3) is 0.368. The van der Waals surface area contributed by atoms with E-state index in [4.69, 9.17) is 0 Å². The highest BCUT2D eigenvalue weighted by atomic mass is 15.2. The molecule has 3 rings (SSSR count). The third-order valence-electron chi connectivity index (χ3n) is 4.35. The van der Waals surface area contributed by atoms with Gasteiger partial charge >= 0.3 is 0 Å². The second-order valence-electron chi connectivity index (χ2n) is 6.09. The smallest absolute Gasteiger partial charge is 0.0548 e. The predicted octanol–water partition coefficient (Wildman–Crippen LogP) is 3.74. The van der Waals surface area contributed by atoms with Crippen molar-refractivity contribution in [3.05, 3.63) is 65.7 Å². The van der Waals surface area contributed by atoms with Crippen LogP contribution in [0.15, 0.2) is 54.6 Å². The normalized spacial score (nSPS) is 17.0. The molecular weight excluding hydrogens is 256 g/mol. The molecule has 1 aliphatic carbocycles. The van der Waals surface area contributed by atoms with Crippen LogP contribution < -0.4 is 4.90 Å². The molecule has 0 radical (unpaired) electrons. The summed E-state index contributed by atoms with van der Waals surface area (Å²) in [5.41, 5.74) is 4.37. The van der Waals surface area contributed by atoms with Crippen LogP contribution in [0.3, 0.4) is 0 Å². The first-order valence-corrected chi connectivity index (χ1v) is 7.80. The minimum absolute atomic E-state index is 0.517. The van der Waals surface area contributed by atoms with Gasteiger partial charge < -0.3 is 9.80 Å². The molecule has 2 aromatic rings. The molecule has 0 saturated carbocycles. The lowest BCUT2D eigenvalue weighted by Crippen LogP contribution is -2.34. The van der Waals surface area contributed by atoms with Gasteiger partial charge in [-0.25, -0.2) is 0 Å². The molecule has 2 aromatic carbocycles. The Morgan fingerprint density at radius 2 is 1.62 bits per heavy atom. The zero-order chi connectivity index (χ0) is 14.7. The van der Waals surface area contributed by atoms with E-state index >= 15 is 0 Å². The van der Waals surface area contributed by atoms with Gasteiger partial charge in [0.25, 0.3) is 0 Å². The van der Waals surface area contributed by atoms with Crippen LogP contribution in [0, 0.1) is 0 Å². The number of benzene rings is 2. The molecule has 0 spiro atoms. The highest BCUT2D eigenvalue weighted by Gasteiger charge is 2.27. The van der Waals surface area contributed by atoms with Gasteiger partial charge in [-0.05, 0) is 50.2 Å². The molecule has 0 bridgehead atoms. The number of aryl methyl sites for hydroxylation is 1. The lowest BCUT2D eigenvalue weighted by Gasteiger charge is -2.33. The fourth-order valence-corrected chi connectivity index (χ4v) is 3.25. The fourth-order valence-electron chi connectivity index (χ4n) is 3.25. The van der Waals surface area contributed by atoms with Gasteiger partial charge in [0.05, 0.1) is 6.04 Å². The Balaban J connectivity index is 1.89. The average molecular weight is 280 g/mol. The molecule has 2 heteroatoms. The molecule has 0 saturated heterocycles. The molecule has 110 valence electrons. The minimum atomic E-state index is 0.517. The van der Waals surface area contributed by atoms with Crippen molar-refractivity contribution in [3.8, 4) is 0 Å². The van der Waals surface area contributed by atoms with Crippen molar-refractivity contribution in [3.63, 3.8) is 0 Å². The van der Waals surface area contributed by atoms with Gasteiger partial charge in [-0.3, -0.25) is 0 Å². The Bertz CT molecular complexity index is 577. The Hall–Kier alpha value is -1.80. The van der Waals surface area contributed by atoms with Crippen LogP contribution in [0.4, 0.5) is 5.69 Å². The van der Waals surface area contributed by atoms with E-state index in [-0.39, 0.29) is 0 Å². The first-order chi connectivity index (χ1) is 10.3. The zero-order valence-corrected chi connectivity index (χ0v) is 13.0. The molecule has 21 heavy (non-hydrogen) atoms. The predicted molar refractivity (Wildman–Crippen MR) is 89.8 cm³/mol. The van der Waals surface area contributed by atoms with E-state index in [1.54, 1.807) is 0 Å². The molecule has 1 unspecified atom stereocenters. The Labute approximate surface area is 128 Å². The van der Waals surface area contributed by atoms with Gasteiger partial charge in [-0.1, -0.05) is 42.5 Å². The van der Waals surface area contributed by atoms with Crippen LogP contribution in [0.25, 0.3) is 0 Å². The van der Waals surface area contributed by atoms with Crippen molar-refractivity contribution in [2.75, 3.05) is 32.1 Å². The summed E-state index contributed by atoms with van der Waals surface area (Å²) in [6.45, 7) is 2.14. The second-order valence-corrected chi connectivity index (χ2v) is 6.09. The molecule has 1 aliphatic rings. The Kier molecular flexibility index (Phi) is 4.26. The maximum atomic E-state index is 2.58. The maximum absolute atomic E-state index is 2.58. The van der Waals surface area contributed by atoms with Crippen molar-refractivity contribution in [2.45, 2.75) is 18.9 Å². The number of para-hydroxylation sites is 1. The van der Waals surface area contributed by atoms with Gasteiger partial charge in [0.1, 0.15) is 0 Å². The van der Waals surface area contributed by atoms with Crippen molar-refractivity contribution in [1.82, 2.24) is 4.90 Å². The van der Waals surface area contributed by atoms with E-state index in [0.717, 1.165) is 13.1 Å². The molecule has 0 aromatic heterocycles. The van der Waals surface area contributed by atoms with Crippen molar-refractivity contribution < 1.29 is 0 Å². The summed E-state index contributed by atoms with van der Waals surface area (Å²) >= 11 is 0. The number of likely N-dealkylation sites (N-methyl/N-ethyl adjacent to an activating group) is 1. The van der Waals surface area contributed by atoms with Crippen LogP contribution in [0.1, 0.15) is 23.6 Å². The molecule has 0 fully saturated rings. The van der Waals surface area contributed by atoms with Crippen LogP contribution in [0.5, 0.6) is 0 Å².